The third kappa shape index (κ3) is 3.95. The predicted octanol–water partition coefficient (Wildman–Crippen LogP) is 4.77. The van der Waals surface area contributed by atoms with E-state index in [1.165, 1.54) is 21.7 Å². The van der Waals surface area contributed by atoms with Gasteiger partial charge in [0.25, 0.3) is 5.92 Å². The topological polar surface area (TPSA) is 51.0 Å². The number of benzene rings is 2. The molecule has 5 nitrogen and oxygen atoms in total. The Morgan fingerprint density at radius 2 is 1.78 bits per heavy atom. The maximum absolute atomic E-state index is 13.5. The van der Waals surface area contributed by atoms with Crippen LogP contribution in [0.25, 0.3) is 33.0 Å². The van der Waals surface area contributed by atoms with E-state index in [1.807, 2.05) is 24.3 Å². The first-order valence-electron chi connectivity index (χ1n) is 10.2. The van der Waals surface area contributed by atoms with Crippen molar-refractivity contribution in [3.8, 4) is 22.3 Å². The first-order valence-corrected chi connectivity index (χ1v) is 10.2. The molecule has 162 valence electrons. The van der Waals surface area contributed by atoms with Gasteiger partial charge in [-0.3, -0.25) is 14.5 Å². The zero-order chi connectivity index (χ0) is 22.3. The van der Waals surface area contributed by atoms with E-state index in [0.29, 0.717) is 0 Å². The van der Waals surface area contributed by atoms with E-state index < -0.39 is 12.5 Å². The summed E-state index contributed by atoms with van der Waals surface area (Å²) < 4.78 is 41.7. The van der Waals surface area contributed by atoms with Gasteiger partial charge in [-0.15, -0.1) is 0 Å². The Kier molecular flexibility index (Phi) is 4.92. The Labute approximate surface area is 182 Å². The van der Waals surface area contributed by atoms with Crippen molar-refractivity contribution < 1.29 is 18.0 Å². The molecular weight excluding hydrogens is 417 g/mol. The van der Waals surface area contributed by atoms with Gasteiger partial charge in [0, 0.05) is 48.1 Å². The predicted molar refractivity (Wildman–Crippen MR) is 115 cm³/mol. The summed E-state index contributed by atoms with van der Waals surface area (Å²) in [5, 5.41) is 5.85. The monoisotopic (exact) mass is 436 g/mol. The third-order valence-electron chi connectivity index (χ3n) is 5.70. The van der Waals surface area contributed by atoms with E-state index in [1.54, 1.807) is 30.9 Å². The molecular formula is C24H19F3N4O. The number of halogens is 3. The summed E-state index contributed by atoms with van der Waals surface area (Å²) in [5.74, 6) is -3.48. The molecule has 0 atom stereocenters. The molecule has 1 fully saturated rings. The maximum atomic E-state index is 13.5. The summed E-state index contributed by atoms with van der Waals surface area (Å²) in [4.78, 5) is 17.7. The van der Waals surface area contributed by atoms with Gasteiger partial charge in [-0.1, -0.05) is 30.3 Å². The molecule has 2 aromatic carbocycles. The van der Waals surface area contributed by atoms with Crippen molar-refractivity contribution in [1.29, 1.82) is 0 Å². The summed E-state index contributed by atoms with van der Waals surface area (Å²) in [7, 11) is 0. The zero-order valence-corrected chi connectivity index (χ0v) is 17.0. The van der Waals surface area contributed by atoms with Crippen molar-refractivity contribution in [3.63, 3.8) is 0 Å². The number of alkyl halides is 2. The van der Waals surface area contributed by atoms with E-state index in [9.17, 15) is 18.0 Å². The smallest absolute Gasteiger partial charge is 0.267 e. The Balaban J connectivity index is 1.33. The van der Waals surface area contributed by atoms with Crippen LogP contribution in [0, 0.1) is 5.82 Å². The van der Waals surface area contributed by atoms with Crippen molar-refractivity contribution >= 4 is 16.7 Å². The van der Waals surface area contributed by atoms with Crippen LogP contribution in [0.15, 0.2) is 67.3 Å². The van der Waals surface area contributed by atoms with Gasteiger partial charge >= 0.3 is 0 Å². The average molecular weight is 436 g/mol. The van der Waals surface area contributed by atoms with Gasteiger partial charge in [0.05, 0.1) is 12.7 Å². The highest BCUT2D eigenvalue weighted by Crippen LogP contribution is 2.30. The number of hydrogen-bond acceptors (Lipinski definition) is 3. The van der Waals surface area contributed by atoms with Crippen LogP contribution in [0.1, 0.15) is 6.42 Å². The van der Waals surface area contributed by atoms with Crippen molar-refractivity contribution in [2.24, 2.45) is 0 Å². The lowest BCUT2D eigenvalue weighted by Crippen LogP contribution is -2.34. The molecule has 0 radical (unpaired) electrons. The second-order valence-electron chi connectivity index (χ2n) is 7.98. The van der Waals surface area contributed by atoms with Crippen LogP contribution in [0.2, 0.25) is 0 Å². The molecule has 8 heteroatoms. The van der Waals surface area contributed by atoms with Crippen molar-refractivity contribution in [1.82, 2.24) is 19.7 Å². The molecule has 5 rings (SSSR count). The van der Waals surface area contributed by atoms with Crippen LogP contribution in [0.3, 0.4) is 0 Å². The highest BCUT2D eigenvalue weighted by molar-refractivity contribution is 5.96. The molecule has 2 aromatic heterocycles. The van der Waals surface area contributed by atoms with Crippen molar-refractivity contribution in [2.45, 2.75) is 18.9 Å². The second-order valence-corrected chi connectivity index (χ2v) is 7.98. The fourth-order valence-electron chi connectivity index (χ4n) is 4.01. The summed E-state index contributed by atoms with van der Waals surface area (Å²) >= 11 is 0. The highest BCUT2D eigenvalue weighted by Gasteiger charge is 2.40. The lowest BCUT2D eigenvalue weighted by molar-refractivity contribution is -0.132. The minimum atomic E-state index is -2.81. The van der Waals surface area contributed by atoms with E-state index in [2.05, 4.69) is 10.1 Å². The minimum absolute atomic E-state index is 0.0666. The number of amides is 1. The Morgan fingerprint density at radius 1 is 1.00 bits per heavy atom. The Hall–Kier alpha value is -3.68. The number of pyridine rings is 1. The molecule has 1 aliphatic heterocycles. The highest BCUT2D eigenvalue weighted by atomic mass is 19.3. The summed E-state index contributed by atoms with van der Waals surface area (Å²) in [6.45, 7) is -0.541. The zero-order valence-electron chi connectivity index (χ0n) is 17.0. The van der Waals surface area contributed by atoms with E-state index in [0.717, 1.165) is 33.0 Å². The lowest BCUT2D eigenvalue weighted by atomic mass is 9.99. The van der Waals surface area contributed by atoms with Crippen LogP contribution in [0.4, 0.5) is 13.2 Å². The Bertz CT molecular complexity index is 1300. The lowest BCUT2D eigenvalue weighted by Gasteiger charge is -2.15. The largest absolute Gasteiger partial charge is 0.335 e. The minimum Gasteiger partial charge on any atom is -0.335 e. The number of fused-ring (bicyclic) bond motifs is 1. The SMILES string of the molecule is O=C(Cn1cc(-c2ccc(-c3cncc4cc(F)ccc34)cc2)cn1)N1CCC(F)(F)C1. The molecule has 0 spiro atoms. The molecule has 0 unspecified atom stereocenters. The standard InChI is InChI=1S/C24H19F3N4O/c25-20-5-6-21-18(9-20)10-28-12-22(21)17-3-1-16(2-4-17)19-11-29-31(13-19)14-23(32)30-8-7-24(26,27)15-30/h1-6,9-13H,7-8,14-15H2. The Morgan fingerprint density at radius 3 is 2.53 bits per heavy atom. The van der Waals surface area contributed by atoms with Gasteiger partial charge in [-0.05, 0) is 28.6 Å². The van der Waals surface area contributed by atoms with E-state index in [4.69, 9.17) is 0 Å². The summed E-state index contributed by atoms with van der Waals surface area (Å²) in [6.07, 6.45) is 6.46. The first kappa shape index (κ1) is 20.2. The van der Waals surface area contributed by atoms with Crippen molar-refractivity contribution in [2.75, 3.05) is 13.1 Å². The van der Waals surface area contributed by atoms with E-state index >= 15 is 0 Å². The van der Waals surface area contributed by atoms with Gasteiger partial charge < -0.3 is 4.90 Å². The molecule has 0 saturated carbocycles. The first-order chi connectivity index (χ1) is 15.4. The quantitative estimate of drug-likeness (QED) is 0.463. The van der Waals surface area contributed by atoms with Crippen LogP contribution in [-0.4, -0.2) is 44.6 Å². The number of carbonyl (C=O) groups excluding carboxylic acids is 1. The van der Waals surface area contributed by atoms with Crippen LogP contribution >= 0.6 is 0 Å². The average Bonchev–Trinajstić information content (AvgIpc) is 3.39. The third-order valence-corrected chi connectivity index (χ3v) is 5.70. The molecule has 0 aliphatic carbocycles. The van der Waals surface area contributed by atoms with Gasteiger partial charge in [-0.25, -0.2) is 13.2 Å². The molecule has 0 bridgehead atoms. The molecule has 1 aliphatic rings. The van der Waals surface area contributed by atoms with Crippen LogP contribution < -0.4 is 0 Å². The van der Waals surface area contributed by atoms with Crippen LogP contribution in [0.5, 0.6) is 0 Å². The molecule has 3 heterocycles. The number of likely N-dealkylation sites (tertiary alicyclic amines) is 1. The molecule has 1 saturated heterocycles. The number of carbonyl (C=O) groups is 1. The van der Waals surface area contributed by atoms with Crippen molar-refractivity contribution in [3.05, 3.63) is 73.1 Å². The van der Waals surface area contributed by atoms with Gasteiger partial charge in [0.1, 0.15) is 12.4 Å². The molecule has 4 aromatic rings. The molecule has 1 amide bonds. The van der Waals surface area contributed by atoms with Gasteiger partial charge in [0.2, 0.25) is 5.91 Å². The second kappa shape index (κ2) is 7.78. The number of nitrogens with zero attached hydrogens (tertiary/aromatic N) is 4. The molecule has 0 N–H and O–H groups in total. The number of rotatable bonds is 4. The summed E-state index contributed by atoms with van der Waals surface area (Å²) in [6, 6.07) is 12.4. The fourth-order valence-corrected chi connectivity index (χ4v) is 4.01. The van der Waals surface area contributed by atoms with Gasteiger partial charge in [0.15, 0.2) is 0 Å². The summed E-state index contributed by atoms with van der Waals surface area (Å²) in [5.41, 5.74) is 3.56. The maximum Gasteiger partial charge on any atom is 0.267 e. The van der Waals surface area contributed by atoms with Crippen LogP contribution in [-0.2, 0) is 11.3 Å². The van der Waals surface area contributed by atoms with E-state index in [-0.39, 0.29) is 31.2 Å². The number of hydrogen-bond donors (Lipinski definition) is 0. The molecule has 32 heavy (non-hydrogen) atoms. The van der Waals surface area contributed by atoms with Gasteiger partial charge in [-0.2, -0.15) is 5.10 Å². The fraction of sp³-hybridized carbons (Fsp3) is 0.208. The normalized spacial score (nSPS) is 15.4. The number of aromatic nitrogens is 3.